The SMILES string of the molecule is C=C/C=C(\N=C)C(=O)Nc1ccc(N2C(=O)C3CN(C4CCC4)CCN3C2=O)c(Cl)c1. The molecule has 1 unspecified atom stereocenters. The third-order valence-electron chi connectivity index (χ3n) is 6.07. The number of hydrogen-bond donors (Lipinski definition) is 1. The van der Waals surface area contributed by atoms with Gasteiger partial charge in [0.15, 0.2) is 0 Å². The Balaban J connectivity index is 1.51. The molecule has 1 atom stereocenters. The average molecular weight is 442 g/mol. The van der Waals surface area contributed by atoms with Crippen LogP contribution in [0.5, 0.6) is 0 Å². The number of anilines is 2. The summed E-state index contributed by atoms with van der Waals surface area (Å²) >= 11 is 6.41. The Bertz CT molecular complexity index is 987. The van der Waals surface area contributed by atoms with Gasteiger partial charge in [-0.1, -0.05) is 30.7 Å². The Morgan fingerprint density at radius 3 is 2.65 bits per heavy atom. The van der Waals surface area contributed by atoms with Crippen molar-refractivity contribution in [2.24, 2.45) is 4.99 Å². The molecular formula is C22H24ClN5O3. The highest BCUT2D eigenvalue weighted by Crippen LogP contribution is 2.36. The minimum atomic E-state index is -0.484. The van der Waals surface area contributed by atoms with Gasteiger partial charge in [-0.15, -0.1) is 0 Å². The summed E-state index contributed by atoms with van der Waals surface area (Å²) in [5, 5.41) is 2.85. The minimum Gasteiger partial charge on any atom is -0.321 e. The maximum Gasteiger partial charge on any atom is 0.332 e. The molecule has 0 spiro atoms. The largest absolute Gasteiger partial charge is 0.332 e. The molecule has 1 aliphatic carbocycles. The van der Waals surface area contributed by atoms with Gasteiger partial charge in [-0.3, -0.25) is 19.5 Å². The van der Waals surface area contributed by atoms with E-state index in [2.05, 4.69) is 28.5 Å². The molecule has 2 saturated heterocycles. The van der Waals surface area contributed by atoms with E-state index in [9.17, 15) is 14.4 Å². The Morgan fingerprint density at radius 2 is 2.03 bits per heavy atom. The number of hydrogen-bond acceptors (Lipinski definition) is 5. The molecule has 1 aromatic rings. The summed E-state index contributed by atoms with van der Waals surface area (Å²) in [5.74, 6) is -0.736. The van der Waals surface area contributed by atoms with Crippen LogP contribution in [0.1, 0.15) is 19.3 Å². The zero-order chi connectivity index (χ0) is 22.1. The summed E-state index contributed by atoms with van der Waals surface area (Å²) in [6, 6.07) is 4.34. The number of piperazine rings is 1. The molecule has 0 bridgehead atoms. The van der Waals surface area contributed by atoms with E-state index in [1.807, 2.05) is 0 Å². The first-order valence-electron chi connectivity index (χ1n) is 10.2. The monoisotopic (exact) mass is 441 g/mol. The first-order valence-corrected chi connectivity index (χ1v) is 10.6. The lowest BCUT2D eigenvalue weighted by molar-refractivity contribution is -0.121. The van der Waals surface area contributed by atoms with Crippen molar-refractivity contribution in [1.82, 2.24) is 9.80 Å². The number of carbonyl (C=O) groups is 3. The predicted molar refractivity (Wildman–Crippen MR) is 120 cm³/mol. The summed E-state index contributed by atoms with van der Waals surface area (Å²) in [4.78, 5) is 47.1. The molecule has 4 amide bonds. The lowest BCUT2D eigenvalue weighted by Crippen LogP contribution is -2.57. The van der Waals surface area contributed by atoms with Crippen molar-refractivity contribution in [1.29, 1.82) is 0 Å². The van der Waals surface area contributed by atoms with Gasteiger partial charge < -0.3 is 10.2 Å². The van der Waals surface area contributed by atoms with Gasteiger partial charge in [-0.25, -0.2) is 9.69 Å². The second-order valence-corrected chi connectivity index (χ2v) is 8.22. The van der Waals surface area contributed by atoms with Crippen molar-refractivity contribution in [2.45, 2.75) is 31.3 Å². The molecule has 2 aliphatic heterocycles. The van der Waals surface area contributed by atoms with Crippen molar-refractivity contribution in [3.8, 4) is 0 Å². The molecule has 8 nitrogen and oxygen atoms in total. The van der Waals surface area contributed by atoms with Crippen LogP contribution in [0.15, 0.2) is 47.6 Å². The highest BCUT2D eigenvalue weighted by Gasteiger charge is 2.49. The maximum atomic E-state index is 13.1. The smallest absolute Gasteiger partial charge is 0.321 e. The molecule has 1 aromatic carbocycles. The van der Waals surface area contributed by atoms with Gasteiger partial charge in [0, 0.05) is 31.4 Å². The number of carbonyl (C=O) groups excluding carboxylic acids is 3. The fraction of sp³-hybridized carbons (Fsp3) is 0.364. The van der Waals surface area contributed by atoms with E-state index < -0.39 is 11.9 Å². The topological polar surface area (TPSA) is 85.3 Å². The van der Waals surface area contributed by atoms with Crippen LogP contribution in [-0.4, -0.2) is 66.1 Å². The predicted octanol–water partition coefficient (Wildman–Crippen LogP) is 3.05. The average Bonchev–Trinajstić information content (AvgIpc) is 2.95. The second kappa shape index (κ2) is 8.64. The number of imide groups is 1. The van der Waals surface area contributed by atoms with Crippen molar-refractivity contribution < 1.29 is 14.4 Å². The van der Waals surface area contributed by atoms with E-state index in [4.69, 9.17) is 11.6 Å². The number of benzene rings is 1. The third kappa shape index (κ3) is 3.88. The van der Waals surface area contributed by atoms with E-state index in [0.717, 1.165) is 24.3 Å². The molecule has 1 saturated carbocycles. The van der Waals surface area contributed by atoms with Gasteiger partial charge in [-0.05, 0) is 43.8 Å². The fourth-order valence-electron chi connectivity index (χ4n) is 4.19. The number of urea groups is 1. The third-order valence-corrected chi connectivity index (χ3v) is 6.37. The summed E-state index contributed by atoms with van der Waals surface area (Å²) in [6.07, 6.45) is 6.40. The van der Waals surface area contributed by atoms with Crippen LogP contribution in [0.4, 0.5) is 16.2 Å². The van der Waals surface area contributed by atoms with Crippen LogP contribution in [-0.2, 0) is 9.59 Å². The molecule has 0 aromatic heterocycles. The molecule has 1 N–H and O–H groups in total. The molecule has 0 radical (unpaired) electrons. The molecule has 2 heterocycles. The van der Waals surface area contributed by atoms with Gasteiger partial charge in [-0.2, -0.15) is 0 Å². The van der Waals surface area contributed by atoms with Crippen LogP contribution in [0.3, 0.4) is 0 Å². The lowest BCUT2D eigenvalue weighted by Gasteiger charge is -2.43. The summed E-state index contributed by atoms with van der Waals surface area (Å²) in [7, 11) is 0. The quantitative estimate of drug-likeness (QED) is 0.318. The first-order chi connectivity index (χ1) is 14.9. The Morgan fingerprint density at radius 1 is 1.26 bits per heavy atom. The molecule has 3 aliphatic rings. The zero-order valence-electron chi connectivity index (χ0n) is 17.1. The van der Waals surface area contributed by atoms with Gasteiger partial charge >= 0.3 is 6.03 Å². The van der Waals surface area contributed by atoms with Crippen molar-refractivity contribution in [3.63, 3.8) is 0 Å². The molecular weight excluding hydrogens is 418 g/mol. The molecule has 162 valence electrons. The van der Waals surface area contributed by atoms with Gasteiger partial charge in [0.2, 0.25) is 0 Å². The number of rotatable bonds is 6. The number of aliphatic imine (C=N–C) groups is 1. The normalized spacial score (nSPS) is 22.2. The standard InChI is InChI=1S/C22H24ClN5O3/c1-3-5-17(24-2)20(29)25-14-8-9-18(16(23)12-14)28-21(30)19-13-26(15-6-4-7-15)10-11-27(19)22(28)31/h3,5,8-9,12,15,19H,1-2,4,6-7,10-11,13H2,(H,25,29)/b17-5-. The number of amides is 4. The van der Waals surface area contributed by atoms with E-state index in [1.54, 1.807) is 17.0 Å². The number of halogens is 1. The molecule has 4 rings (SSSR count). The number of allylic oxidation sites excluding steroid dienone is 2. The Kier molecular flexibility index (Phi) is 5.93. The van der Waals surface area contributed by atoms with Crippen molar-refractivity contribution in [2.75, 3.05) is 29.9 Å². The summed E-state index contributed by atoms with van der Waals surface area (Å²) < 4.78 is 0. The van der Waals surface area contributed by atoms with Crippen LogP contribution in [0.25, 0.3) is 0 Å². The second-order valence-electron chi connectivity index (χ2n) is 7.81. The number of nitrogens with one attached hydrogen (secondary N) is 1. The molecule has 3 fully saturated rings. The lowest BCUT2D eigenvalue weighted by atomic mass is 9.90. The van der Waals surface area contributed by atoms with Gasteiger partial charge in [0.1, 0.15) is 11.7 Å². The van der Waals surface area contributed by atoms with E-state index in [1.165, 1.54) is 24.6 Å². The van der Waals surface area contributed by atoms with E-state index >= 15 is 0 Å². The van der Waals surface area contributed by atoms with Gasteiger partial charge in [0.05, 0.1) is 10.7 Å². The highest BCUT2D eigenvalue weighted by atomic mass is 35.5. The summed E-state index contributed by atoms with van der Waals surface area (Å²) in [6.45, 7) is 8.77. The first kappa shape index (κ1) is 21.3. The number of fused-ring (bicyclic) bond motifs is 1. The highest BCUT2D eigenvalue weighted by molar-refractivity contribution is 6.36. The van der Waals surface area contributed by atoms with E-state index in [0.29, 0.717) is 30.5 Å². The molecule has 9 heteroatoms. The fourth-order valence-corrected chi connectivity index (χ4v) is 4.46. The van der Waals surface area contributed by atoms with Gasteiger partial charge in [0.25, 0.3) is 11.8 Å². The van der Waals surface area contributed by atoms with Crippen LogP contribution < -0.4 is 10.2 Å². The van der Waals surface area contributed by atoms with E-state index in [-0.39, 0.29) is 22.7 Å². The molecule has 31 heavy (non-hydrogen) atoms. The van der Waals surface area contributed by atoms with Crippen LogP contribution >= 0.6 is 11.6 Å². The Labute approximate surface area is 185 Å². The zero-order valence-corrected chi connectivity index (χ0v) is 17.8. The van der Waals surface area contributed by atoms with Crippen LogP contribution in [0.2, 0.25) is 5.02 Å². The Hall–Kier alpha value is -2.97. The van der Waals surface area contributed by atoms with Crippen LogP contribution in [0, 0.1) is 0 Å². The maximum absolute atomic E-state index is 13.1. The number of nitrogens with zero attached hydrogens (tertiary/aromatic N) is 4. The van der Waals surface area contributed by atoms with Crippen molar-refractivity contribution in [3.05, 3.63) is 47.6 Å². The minimum absolute atomic E-state index is 0.105. The summed E-state index contributed by atoms with van der Waals surface area (Å²) in [5.41, 5.74) is 0.821. The van der Waals surface area contributed by atoms with Crippen molar-refractivity contribution >= 4 is 47.5 Å².